The Balaban J connectivity index is 1.47. The largest absolute Gasteiger partial charge is 0.449 e. The topological polar surface area (TPSA) is 87.7 Å². The second-order valence-electron chi connectivity index (χ2n) is 10.4. The van der Waals surface area contributed by atoms with Crippen molar-refractivity contribution in [2.45, 2.75) is 62.1 Å². The molecule has 2 atom stereocenters. The highest BCUT2D eigenvalue weighted by molar-refractivity contribution is 5.78. The third-order valence-corrected chi connectivity index (χ3v) is 7.98. The average molecular weight is 510 g/mol. The maximum atomic E-state index is 13.7. The van der Waals surface area contributed by atoms with Gasteiger partial charge >= 0.3 is 6.18 Å². The number of hydrogen-bond acceptors (Lipinski definition) is 6. The zero-order chi connectivity index (χ0) is 25.6. The summed E-state index contributed by atoms with van der Waals surface area (Å²) in [5.74, 6) is -1.30. The SMILES string of the molecule is Cn1cc([C@@H]2C[C@H](c3nc(C45CC(C(F)F)(C4)C5)c4nc(C(F)(F)F)n(C)c(=O)c4n3)CCO2)cn1. The van der Waals surface area contributed by atoms with Crippen molar-refractivity contribution in [2.24, 2.45) is 19.5 Å². The number of ether oxygens (including phenoxy) is 1. The molecule has 7 rings (SSSR count). The van der Waals surface area contributed by atoms with E-state index < -0.39 is 34.8 Å². The van der Waals surface area contributed by atoms with Crippen LogP contribution in [-0.2, 0) is 30.4 Å². The Labute approximate surface area is 201 Å². The van der Waals surface area contributed by atoms with E-state index in [2.05, 4.69) is 20.1 Å². The molecule has 36 heavy (non-hydrogen) atoms. The number of hydrogen-bond donors (Lipinski definition) is 0. The fourth-order valence-corrected chi connectivity index (χ4v) is 6.19. The van der Waals surface area contributed by atoms with Crippen LogP contribution < -0.4 is 5.56 Å². The summed E-state index contributed by atoms with van der Waals surface area (Å²) in [7, 11) is 2.79. The van der Waals surface area contributed by atoms with Crippen LogP contribution in [0.4, 0.5) is 22.0 Å². The van der Waals surface area contributed by atoms with Crippen molar-refractivity contribution in [3.63, 3.8) is 0 Å². The van der Waals surface area contributed by atoms with Gasteiger partial charge in [0.2, 0.25) is 12.2 Å². The van der Waals surface area contributed by atoms with E-state index in [1.165, 1.54) is 0 Å². The van der Waals surface area contributed by atoms with E-state index in [9.17, 15) is 26.7 Å². The van der Waals surface area contributed by atoms with E-state index in [0.717, 1.165) is 12.6 Å². The molecule has 4 aliphatic rings. The van der Waals surface area contributed by atoms with Gasteiger partial charge in [-0.2, -0.15) is 18.3 Å². The number of alkyl halides is 5. The highest BCUT2D eigenvalue weighted by Gasteiger charge is 2.73. The van der Waals surface area contributed by atoms with Crippen LogP contribution in [0.3, 0.4) is 0 Å². The summed E-state index contributed by atoms with van der Waals surface area (Å²) < 4.78 is 76.0. The van der Waals surface area contributed by atoms with Crippen LogP contribution in [0.2, 0.25) is 0 Å². The summed E-state index contributed by atoms with van der Waals surface area (Å²) in [5, 5.41) is 4.17. The Morgan fingerprint density at radius 2 is 1.83 bits per heavy atom. The first kappa shape index (κ1) is 23.4. The van der Waals surface area contributed by atoms with E-state index in [1.807, 2.05) is 6.20 Å². The third kappa shape index (κ3) is 3.31. The molecule has 0 radical (unpaired) electrons. The molecule has 3 aromatic rings. The van der Waals surface area contributed by atoms with Crippen LogP contribution in [-0.4, -0.2) is 42.3 Å². The normalized spacial score (nSPS) is 29.9. The van der Waals surface area contributed by atoms with E-state index in [1.54, 1.807) is 17.9 Å². The van der Waals surface area contributed by atoms with Crippen LogP contribution in [0.1, 0.15) is 67.0 Å². The van der Waals surface area contributed by atoms with Gasteiger partial charge in [0.05, 0.1) is 18.0 Å². The van der Waals surface area contributed by atoms with Crippen molar-refractivity contribution in [1.29, 1.82) is 0 Å². The smallest absolute Gasteiger partial charge is 0.373 e. The molecule has 8 nitrogen and oxygen atoms in total. The van der Waals surface area contributed by atoms with Gasteiger partial charge in [0.25, 0.3) is 5.56 Å². The summed E-state index contributed by atoms with van der Waals surface area (Å²) in [6, 6.07) is 0. The maximum absolute atomic E-state index is 13.7. The van der Waals surface area contributed by atoms with E-state index in [-0.39, 0.29) is 48.0 Å². The maximum Gasteiger partial charge on any atom is 0.449 e. The first-order valence-corrected chi connectivity index (χ1v) is 11.7. The van der Waals surface area contributed by atoms with Crippen LogP contribution in [0.15, 0.2) is 17.2 Å². The Kier molecular flexibility index (Phi) is 4.90. The molecule has 2 bridgehead atoms. The molecule has 4 fully saturated rings. The van der Waals surface area contributed by atoms with Gasteiger partial charge in [0, 0.05) is 49.2 Å². The number of fused-ring (bicyclic) bond motifs is 1. The number of rotatable bonds is 4. The summed E-state index contributed by atoms with van der Waals surface area (Å²) >= 11 is 0. The molecule has 0 aromatic carbocycles. The molecule has 3 aromatic heterocycles. The fourth-order valence-electron chi connectivity index (χ4n) is 6.19. The van der Waals surface area contributed by atoms with Crippen molar-refractivity contribution in [3.05, 3.63) is 45.7 Å². The first-order chi connectivity index (χ1) is 16.9. The predicted octanol–water partition coefficient (Wildman–Crippen LogP) is 3.80. The van der Waals surface area contributed by atoms with Crippen molar-refractivity contribution in [3.8, 4) is 0 Å². The lowest BCUT2D eigenvalue weighted by atomic mass is 9.34. The summed E-state index contributed by atoms with van der Waals surface area (Å²) in [4.78, 5) is 25.9. The van der Waals surface area contributed by atoms with Crippen molar-refractivity contribution < 1.29 is 26.7 Å². The van der Waals surface area contributed by atoms with Gasteiger partial charge in [-0.05, 0) is 32.1 Å². The molecule has 0 N–H and O–H groups in total. The molecule has 13 heteroatoms. The molecule has 3 saturated carbocycles. The van der Waals surface area contributed by atoms with Crippen molar-refractivity contribution in [2.75, 3.05) is 6.61 Å². The van der Waals surface area contributed by atoms with Gasteiger partial charge in [0.15, 0.2) is 5.52 Å². The average Bonchev–Trinajstić information content (AvgIpc) is 3.19. The van der Waals surface area contributed by atoms with Gasteiger partial charge in [-0.1, -0.05) is 0 Å². The highest BCUT2D eigenvalue weighted by Crippen LogP contribution is 2.75. The quantitative estimate of drug-likeness (QED) is 0.497. The standard InChI is InChI=1S/C23H23F5N6O2/c1-33-7-12(6-29-33)13-5-11(3-4-36-13)17-30-15-14(31-20(23(26,27)28)34(2)18(15)35)16(32-17)21-8-22(9-21,10-21)19(24)25/h6-7,11,13,19H,3-5,8-10H2,1-2H3/t11-,13+,21?,22?/m1/s1. The molecule has 1 aliphatic heterocycles. The molecule has 0 unspecified atom stereocenters. The Morgan fingerprint density at radius 3 is 2.44 bits per heavy atom. The number of halogens is 5. The van der Waals surface area contributed by atoms with E-state index >= 15 is 0 Å². The molecule has 192 valence electrons. The summed E-state index contributed by atoms with van der Waals surface area (Å²) in [6.45, 7) is 0.393. The zero-order valence-electron chi connectivity index (χ0n) is 19.5. The Morgan fingerprint density at radius 1 is 1.11 bits per heavy atom. The highest BCUT2D eigenvalue weighted by atomic mass is 19.4. The molecule has 0 spiro atoms. The Bertz CT molecular complexity index is 1410. The van der Waals surface area contributed by atoms with Gasteiger partial charge in [0.1, 0.15) is 11.3 Å². The summed E-state index contributed by atoms with van der Waals surface area (Å²) in [6.07, 6.45) is -2.80. The van der Waals surface area contributed by atoms with E-state index in [0.29, 0.717) is 29.8 Å². The number of aromatic nitrogens is 6. The van der Waals surface area contributed by atoms with Crippen molar-refractivity contribution in [1.82, 2.24) is 29.3 Å². The predicted molar refractivity (Wildman–Crippen MR) is 115 cm³/mol. The summed E-state index contributed by atoms with van der Waals surface area (Å²) in [5.41, 5.74) is -2.30. The van der Waals surface area contributed by atoms with Gasteiger partial charge in [-0.3, -0.25) is 14.0 Å². The lowest BCUT2D eigenvalue weighted by Gasteiger charge is -2.69. The second-order valence-corrected chi connectivity index (χ2v) is 10.4. The number of aryl methyl sites for hydroxylation is 1. The molecule has 4 heterocycles. The van der Waals surface area contributed by atoms with Crippen LogP contribution in [0, 0.1) is 5.41 Å². The van der Waals surface area contributed by atoms with Gasteiger partial charge < -0.3 is 4.74 Å². The molecular weight excluding hydrogens is 487 g/mol. The first-order valence-electron chi connectivity index (χ1n) is 11.7. The monoisotopic (exact) mass is 510 g/mol. The zero-order valence-corrected chi connectivity index (χ0v) is 19.5. The van der Waals surface area contributed by atoms with Crippen LogP contribution >= 0.6 is 0 Å². The minimum Gasteiger partial charge on any atom is -0.373 e. The minimum atomic E-state index is -4.88. The second kappa shape index (κ2) is 7.53. The molecular formula is C23H23F5N6O2. The van der Waals surface area contributed by atoms with E-state index in [4.69, 9.17) is 4.74 Å². The molecule has 3 aliphatic carbocycles. The van der Waals surface area contributed by atoms with Crippen LogP contribution in [0.5, 0.6) is 0 Å². The fraction of sp³-hybridized carbons (Fsp3) is 0.609. The molecule has 1 saturated heterocycles. The minimum absolute atomic E-state index is 0.105. The number of nitrogens with zero attached hydrogens (tertiary/aromatic N) is 6. The lowest BCUT2D eigenvalue weighted by molar-refractivity contribution is -0.222. The van der Waals surface area contributed by atoms with Crippen LogP contribution in [0.25, 0.3) is 11.0 Å². The van der Waals surface area contributed by atoms with Gasteiger partial charge in [-0.15, -0.1) is 0 Å². The lowest BCUT2D eigenvalue weighted by Crippen LogP contribution is -2.68. The van der Waals surface area contributed by atoms with Crippen molar-refractivity contribution >= 4 is 11.0 Å². The Hall–Kier alpha value is -2.96. The molecule has 0 amide bonds. The third-order valence-electron chi connectivity index (χ3n) is 7.98. The van der Waals surface area contributed by atoms with Gasteiger partial charge in [-0.25, -0.2) is 23.7 Å².